The van der Waals surface area contributed by atoms with Gasteiger partial charge in [-0.05, 0) is 13.0 Å². The van der Waals surface area contributed by atoms with Crippen LogP contribution in [0.1, 0.15) is 26.2 Å². The lowest BCUT2D eigenvalue weighted by atomic mass is 10.1. The minimum absolute atomic E-state index is 0.242. The first kappa shape index (κ1) is 12.5. The molecule has 0 aromatic rings. The van der Waals surface area contributed by atoms with Crippen molar-refractivity contribution in [1.82, 2.24) is 10.2 Å². The topological polar surface area (TPSA) is 52.6 Å². The van der Waals surface area contributed by atoms with Gasteiger partial charge >= 0.3 is 5.97 Å². The molecule has 0 aliphatic carbocycles. The number of carboxylic acid groups (broad SMARTS) is 1. The highest BCUT2D eigenvalue weighted by Gasteiger charge is 2.22. The van der Waals surface area contributed by atoms with Crippen LogP contribution in [0, 0.1) is 5.92 Å². The van der Waals surface area contributed by atoms with Crippen LogP contribution in [-0.4, -0.2) is 48.7 Å². The van der Waals surface area contributed by atoms with Crippen LogP contribution in [0.15, 0.2) is 0 Å². The first-order valence-electron chi connectivity index (χ1n) is 5.90. The van der Waals surface area contributed by atoms with Gasteiger partial charge in [-0.25, -0.2) is 0 Å². The van der Waals surface area contributed by atoms with Crippen molar-refractivity contribution in [1.29, 1.82) is 0 Å². The van der Waals surface area contributed by atoms with E-state index in [9.17, 15) is 4.79 Å². The van der Waals surface area contributed by atoms with Crippen LogP contribution in [0.2, 0.25) is 0 Å². The molecule has 4 nitrogen and oxygen atoms in total. The molecule has 1 saturated heterocycles. The molecular weight excluding hydrogens is 192 g/mol. The number of nitrogens with one attached hydrogen (secondary N) is 1. The predicted octanol–water partition coefficient (Wildman–Crippen LogP) is 0.783. The quantitative estimate of drug-likeness (QED) is 0.664. The Morgan fingerprint density at radius 3 is 3.00 bits per heavy atom. The number of hydrogen-bond donors (Lipinski definition) is 2. The Morgan fingerprint density at radius 1 is 1.53 bits per heavy atom. The van der Waals surface area contributed by atoms with Crippen LogP contribution in [-0.2, 0) is 4.79 Å². The zero-order valence-corrected chi connectivity index (χ0v) is 9.54. The van der Waals surface area contributed by atoms with Crippen LogP contribution in [0.5, 0.6) is 0 Å². The third kappa shape index (κ3) is 4.62. The van der Waals surface area contributed by atoms with Crippen LogP contribution in [0.25, 0.3) is 0 Å². The van der Waals surface area contributed by atoms with Gasteiger partial charge in [-0.15, -0.1) is 0 Å². The summed E-state index contributed by atoms with van der Waals surface area (Å²) in [7, 11) is 0. The summed E-state index contributed by atoms with van der Waals surface area (Å²) in [5.74, 6) is -0.918. The Bertz CT molecular complexity index is 197. The first-order valence-corrected chi connectivity index (χ1v) is 5.90. The molecule has 0 amide bonds. The van der Waals surface area contributed by atoms with E-state index >= 15 is 0 Å². The van der Waals surface area contributed by atoms with E-state index in [0.717, 1.165) is 19.6 Å². The Labute approximate surface area is 91.6 Å². The number of aliphatic carboxylic acids is 1. The zero-order chi connectivity index (χ0) is 11.1. The minimum Gasteiger partial charge on any atom is -0.481 e. The van der Waals surface area contributed by atoms with E-state index in [0.29, 0.717) is 13.1 Å². The molecule has 0 saturated carbocycles. The van der Waals surface area contributed by atoms with Crippen molar-refractivity contribution in [3.63, 3.8) is 0 Å². The van der Waals surface area contributed by atoms with Crippen LogP contribution in [0.4, 0.5) is 0 Å². The average Bonchev–Trinajstić information content (AvgIpc) is 2.44. The number of hydrogen-bond acceptors (Lipinski definition) is 3. The van der Waals surface area contributed by atoms with E-state index in [1.165, 1.54) is 19.3 Å². The van der Waals surface area contributed by atoms with Crippen LogP contribution in [0.3, 0.4) is 0 Å². The van der Waals surface area contributed by atoms with E-state index < -0.39 is 5.97 Å². The molecule has 1 heterocycles. The lowest BCUT2D eigenvalue weighted by molar-refractivity contribution is -0.141. The molecule has 0 aromatic carbocycles. The number of rotatable bonds is 5. The highest BCUT2D eigenvalue weighted by Crippen LogP contribution is 2.06. The molecule has 0 bridgehead atoms. The summed E-state index contributed by atoms with van der Waals surface area (Å²) in [4.78, 5) is 13.2. The maximum Gasteiger partial charge on any atom is 0.309 e. The van der Waals surface area contributed by atoms with Gasteiger partial charge in [0.05, 0.1) is 5.92 Å². The van der Waals surface area contributed by atoms with Gasteiger partial charge in [-0.2, -0.15) is 0 Å². The second-order valence-corrected chi connectivity index (χ2v) is 4.25. The maximum atomic E-state index is 10.9. The highest BCUT2D eigenvalue weighted by molar-refractivity contribution is 5.70. The molecule has 4 heteroatoms. The minimum atomic E-state index is -0.676. The van der Waals surface area contributed by atoms with Crippen molar-refractivity contribution in [2.75, 3.05) is 32.7 Å². The van der Waals surface area contributed by atoms with Gasteiger partial charge in [0, 0.05) is 26.2 Å². The van der Waals surface area contributed by atoms with Crippen molar-refractivity contribution in [2.24, 2.45) is 5.92 Å². The third-order valence-electron chi connectivity index (χ3n) is 2.90. The lowest BCUT2D eigenvalue weighted by Gasteiger charge is -2.21. The van der Waals surface area contributed by atoms with Gasteiger partial charge in [-0.3, -0.25) is 4.79 Å². The van der Waals surface area contributed by atoms with Crippen molar-refractivity contribution in [3.05, 3.63) is 0 Å². The molecule has 1 atom stereocenters. The SMILES string of the molecule is CCCCCN1CCNCC(C(=O)O)C1. The fraction of sp³-hybridized carbons (Fsp3) is 0.909. The summed E-state index contributed by atoms with van der Waals surface area (Å²) in [5, 5.41) is 12.2. The Balaban J connectivity index is 2.32. The summed E-state index contributed by atoms with van der Waals surface area (Å²) >= 11 is 0. The molecular formula is C11H22N2O2. The van der Waals surface area contributed by atoms with Gasteiger partial charge in [0.2, 0.25) is 0 Å². The van der Waals surface area contributed by atoms with Crippen molar-refractivity contribution >= 4 is 5.97 Å². The Kier molecular flexibility index (Phi) is 5.65. The fourth-order valence-corrected chi connectivity index (χ4v) is 1.93. The molecule has 15 heavy (non-hydrogen) atoms. The molecule has 0 aromatic heterocycles. The highest BCUT2D eigenvalue weighted by atomic mass is 16.4. The Morgan fingerprint density at radius 2 is 2.33 bits per heavy atom. The molecule has 1 aliphatic heterocycles. The fourth-order valence-electron chi connectivity index (χ4n) is 1.93. The van der Waals surface area contributed by atoms with E-state index in [1.54, 1.807) is 0 Å². The van der Waals surface area contributed by atoms with Gasteiger partial charge in [0.15, 0.2) is 0 Å². The second-order valence-electron chi connectivity index (χ2n) is 4.25. The summed E-state index contributed by atoms with van der Waals surface area (Å²) in [6.45, 7) is 6.43. The second kappa shape index (κ2) is 6.80. The number of carbonyl (C=O) groups is 1. The standard InChI is InChI=1S/C11H22N2O2/c1-2-3-4-6-13-7-5-12-8-10(9-13)11(14)15/h10,12H,2-9H2,1H3,(H,14,15). The average molecular weight is 214 g/mol. The molecule has 1 unspecified atom stereocenters. The van der Waals surface area contributed by atoms with Crippen molar-refractivity contribution < 1.29 is 9.90 Å². The third-order valence-corrected chi connectivity index (χ3v) is 2.90. The smallest absolute Gasteiger partial charge is 0.309 e. The number of nitrogens with zero attached hydrogens (tertiary/aromatic N) is 1. The van der Waals surface area contributed by atoms with Crippen LogP contribution < -0.4 is 5.32 Å². The summed E-state index contributed by atoms with van der Waals surface area (Å²) < 4.78 is 0. The molecule has 1 aliphatic rings. The monoisotopic (exact) mass is 214 g/mol. The molecule has 0 spiro atoms. The maximum absolute atomic E-state index is 10.9. The van der Waals surface area contributed by atoms with Crippen molar-refractivity contribution in [3.8, 4) is 0 Å². The molecule has 0 radical (unpaired) electrons. The first-order chi connectivity index (χ1) is 7.24. The van der Waals surface area contributed by atoms with Gasteiger partial charge in [0.25, 0.3) is 0 Å². The predicted molar refractivity (Wildman–Crippen MR) is 60.0 cm³/mol. The van der Waals surface area contributed by atoms with Crippen molar-refractivity contribution in [2.45, 2.75) is 26.2 Å². The summed E-state index contributed by atoms with van der Waals surface area (Å²) in [5.41, 5.74) is 0. The Hall–Kier alpha value is -0.610. The molecule has 88 valence electrons. The number of unbranched alkanes of at least 4 members (excludes halogenated alkanes) is 2. The van der Waals surface area contributed by atoms with Gasteiger partial charge in [0.1, 0.15) is 0 Å². The molecule has 1 fully saturated rings. The lowest BCUT2D eigenvalue weighted by Crippen LogP contribution is -2.34. The van der Waals surface area contributed by atoms with E-state index in [-0.39, 0.29) is 5.92 Å². The molecule has 2 N–H and O–H groups in total. The van der Waals surface area contributed by atoms with Gasteiger partial charge < -0.3 is 15.3 Å². The van der Waals surface area contributed by atoms with E-state index in [4.69, 9.17) is 5.11 Å². The van der Waals surface area contributed by atoms with Crippen LogP contribution >= 0.6 is 0 Å². The largest absolute Gasteiger partial charge is 0.481 e. The van der Waals surface area contributed by atoms with E-state index in [1.807, 2.05) is 0 Å². The van der Waals surface area contributed by atoms with E-state index in [2.05, 4.69) is 17.1 Å². The number of carboxylic acids is 1. The normalized spacial score (nSPS) is 23.7. The summed E-state index contributed by atoms with van der Waals surface area (Å²) in [6.07, 6.45) is 3.64. The van der Waals surface area contributed by atoms with Gasteiger partial charge in [-0.1, -0.05) is 19.8 Å². The molecule has 1 rings (SSSR count). The zero-order valence-electron chi connectivity index (χ0n) is 9.54. The summed E-state index contributed by atoms with van der Waals surface area (Å²) in [6, 6.07) is 0.